The maximum atomic E-state index is 6.04. The van der Waals surface area contributed by atoms with E-state index in [2.05, 4.69) is 20.1 Å². The first-order chi connectivity index (χ1) is 9.33. The molecule has 3 rings (SSSR count). The van der Waals surface area contributed by atoms with Gasteiger partial charge in [0.25, 0.3) is 0 Å². The number of ether oxygens (including phenoxy) is 1. The Morgan fingerprint density at radius 2 is 2.53 bits per heavy atom. The number of hydrogen-bond acceptors (Lipinski definition) is 7. The minimum absolute atomic E-state index is 0.0874. The van der Waals surface area contributed by atoms with Crippen molar-refractivity contribution in [1.29, 1.82) is 0 Å². The molecule has 2 atom stereocenters. The Morgan fingerprint density at radius 3 is 3.26 bits per heavy atom. The molecule has 7 nitrogen and oxygen atoms in total. The van der Waals surface area contributed by atoms with Crippen molar-refractivity contribution >= 4 is 11.8 Å². The Labute approximate surface area is 114 Å². The summed E-state index contributed by atoms with van der Waals surface area (Å²) in [5.41, 5.74) is 6.98. The molecule has 0 spiro atoms. The van der Waals surface area contributed by atoms with Crippen LogP contribution in [0.4, 0.5) is 0 Å². The van der Waals surface area contributed by atoms with Crippen LogP contribution in [0.2, 0.25) is 0 Å². The molecule has 0 aromatic carbocycles. The van der Waals surface area contributed by atoms with Crippen LogP contribution in [0.25, 0.3) is 0 Å². The minimum Gasteiger partial charge on any atom is -0.368 e. The summed E-state index contributed by atoms with van der Waals surface area (Å²) in [5.74, 6) is 2.89. The van der Waals surface area contributed by atoms with Crippen molar-refractivity contribution in [2.75, 3.05) is 18.1 Å². The fraction of sp³-hybridized carbons (Fsp3) is 0.545. The van der Waals surface area contributed by atoms with Crippen molar-refractivity contribution in [3.8, 4) is 0 Å². The van der Waals surface area contributed by atoms with Gasteiger partial charge in [-0.25, -0.2) is 4.98 Å². The van der Waals surface area contributed by atoms with E-state index in [9.17, 15) is 0 Å². The predicted molar refractivity (Wildman–Crippen MR) is 69.5 cm³/mol. The standard InChI is InChI=1S/C11H15N5O2S/c12-8(3-7-4-13-6-14-7)11-15-10(16-18-11)9-5-19-2-1-17-9/h4,6,8-9H,1-3,5,12H2,(H,13,14). The molecule has 19 heavy (non-hydrogen) atoms. The highest BCUT2D eigenvalue weighted by atomic mass is 32.2. The SMILES string of the molecule is NC(Cc1cnc[nH]1)c1nc(C2CSCCO2)no1. The molecular weight excluding hydrogens is 266 g/mol. The summed E-state index contributed by atoms with van der Waals surface area (Å²) < 4.78 is 10.8. The van der Waals surface area contributed by atoms with Crippen LogP contribution in [-0.4, -0.2) is 38.2 Å². The topological polar surface area (TPSA) is 103 Å². The second kappa shape index (κ2) is 5.72. The molecule has 0 bridgehead atoms. The van der Waals surface area contributed by atoms with E-state index in [1.807, 2.05) is 11.8 Å². The number of hydrogen-bond donors (Lipinski definition) is 2. The van der Waals surface area contributed by atoms with Gasteiger partial charge in [0, 0.05) is 29.8 Å². The van der Waals surface area contributed by atoms with E-state index in [0.29, 0.717) is 18.1 Å². The summed E-state index contributed by atoms with van der Waals surface area (Å²) in [4.78, 5) is 11.3. The molecule has 8 heteroatoms. The third kappa shape index (κ3) is 2.96. The zero-order chi connectivity index (χ0) is 13.1. The number of nitrogens with one attached hydrogen (secondary N) is 1. The van der Waals surface area contributed by atoms with E-state index in [0.717, 1.165) is 23.8 Å². The van der Waals surface area contributed by atoms with E-state index in [-0.39, 0.29) is 12.1 Å². The van der Waals surface area contributed by atoms with Crippen LogP contribution in [-0.2, 0) is 11.2 Å². The van der Waals surface area contributed by atoms with Crippen molar-refractivity contribution in [3.05, 3.63) is 29.9 Å². The van der Waals surface area contributed by atoms with Crippen molar-refractivity contribution in [2.45, 2.75) is 18.6 Å². The van der Waals surface area contributed by atoms with Gasteiger partial charge in [-0.2, -0.15) is 16.7 Å². The smallest absolute Gasteiger partial charge is 0.244 e. The molecule has 3 heterocycles. The van der Waals surface area contributed by atoms with E-state index in [4.69, 9.17) is 15.0 Å². The van der Waals surface area contributed by atoms with E-state index >= 15 is 0 Å². The van der Waals surface area contributed by atoms with E-state index < -0.39 is 0 Å². The molecule has 0 radical (unpaired) electrons. The molecule has 102 valence electrons. The number of nitrogens with zero attached hydrogens (tertiary/aromatic N) is 3. The highest BCUT2D eigenvalue weighted by Crippen LogP contribution is 2.25. The molecule has 1 fully saturated rings. The summed E-state index contributed by atoms with van der Waals surface area (Å²) in [6.45, 7) is 0.722. The fourth-order valence-electron chi connectivity index (χ4n) is 1.89. The van der Waals surface area contributed by atoms with Gasteiger partial charge in [0.15, 0.2) is 0 Å². The van der Waals surface area contributed by atoms with E-state index in [1.54, 1.807) is 12.5 Å². The highest BCUT2D eigenvalue weighted by Gasteiger charge is 2.24. The molecule has 3 N–H and O–H groups in total. The maximum absolute atomic E-state index is 6.04. The van der Waals surface area contributed by atoms with E-state index in [1.165, 1.54) is 0 Å². The number of imidazole rings is 1. The van der Waals surface area contributed by atoms with Crippen molar-refractivity contribution in [3.63, 3.8) is 0 Å². The highest BCUT2D eigenvalue weighted by molar-refractivity contribution is 7.99. The Morgan fingerprint density at radius 1 is 1.58 bits per heavy atom. The monoisotopic (exact) mass is 281 g/mol. The van der Waals surface area contributed by atoms with Crippen molar-refractivity contribution in [1.82, 2.24) is 20.1 Å². The first kappa shape index (κ1) is 12.6. The van der Waals surface area contributed by atoms with Crippen LogP contribution < -0.4 is 5.73 Å². The van der Waals surface area contributed by atoms with Gasteiger partial charge in [-0.15, -0.1) is 0 Å². The van der Waals surface area contributed by atoms with Crippen molar-refractivity contribution in [2.24, 2.45) is 5.73 Å². The third-order valence-corrected chi connectivity index (χ3v) is 3.87. The lowest BCUT2D eigenvalue weighted by Crippen LogP contribution is -2.17. The van der Waals surface area contributed by atoms with Gasteiger partial charge in [-0.3, -0.25) is 0 Å². The van der Waals surface area contributed by atoms with Gasteiger partial charge in [-0.05, 0) is 0 Å². The van der Waals surface area contributed by atoms with Gasteiger partial charge >= 0.3 is 0 Å². The molecule has 1 aliphatic heterocycles. The summed E-state index contributed by atoms with van der Waals surface area (Å²) in [7, 11) is 0. The Kier molecular flexibility index (Phi) is 3.81. The van der Waals surface area contributed by atoms with Gasteiger partial charge in [-0.1, -0.05) is 5.16 Å². The molecule has 2 unspecified atom stereocenters. The summed E-state index contributed by atoms with van der Waals surface area (Å²) in [6, 6.07) is -0.335. The largest absolute Gasteiger partial charge is 0.368 e. The first-order valence-electron chi connectivity index (χ1n) is 6.08. The van der Waals surface area contributed by atoms with Crippen LogP contribution in [0, 0.1) is 0 Å². The number of H-pyrrole nitrogens is 1. The average molecular weight is 281 g/mol. The molecule has 0 saturated carbocycles. The predicted octanol–water partition coefficient (Wildman–Crippen LogP) is 0.840. The molecule has 1 saturated heterocycles. The maximum Gasteiger partial charge on any atom is 0.244 e. The minimum atomic E-state index is -0.335. The van der Waals surface area contributed by atoms with Crippen LogP contribution in [0.15, 0.2) is 17.0 Å². The molecule has 2 aromatic heterocycles. The summed E-state index contributed by atoms with van der Waals surface area (Å²) >= 11 is 1.83. The van der Waals surface area contributed by atoms with Crippen LogP contribution in [0.1, 0.15) is 29.6 Å². The second-order valence-corrected chi connectivity index (χ2v) is 5.46. The Hall–Kier alpha value is -1.38. The van der Waals surface area contributed by atoms with Gasteiger partial charge in [0.1, 0.15) is 6.10 Å². The lowest BCUT2D eigenvalue weighted by atomic mass is 10.2. The van der Waals surface area contributed by atoms with Gasteiger partial charge in [0.2, 0.25) is 11.7 Å². The zero-order valence-electron chi connectivity index (χ0n) is 10.3. The summed E-state index contributed by atoms with van der Waals surface area (Å²) in [5, 5.41) is 3.96. The number of rotatable bonds is 4. The Balaban J connectivity index is 1.66. The fourth-order valence-corrected chi connectivity index (χ4v) is 2.73. The molecule has 1 aliphatic rings. The quantitative estimate of drug-likeness (QED) is 0.855. The average Bonchev–Trinajstić information content (AvgIpc) is 3.10. The summed E-state index contributed by atoms with van der Waals surface area (Å²) in [6.07, 6.45) is 3.85. The normalized spacial score (nSPS) is 21.4. The molecule has 0 amide bonds. The number of nitrogens with two attached hydrogens (primary N) is 1. The number of thioether (sulfide) groups is 1. The molecular formula is C11H15N5O2S. The molecule has 2 aromatic rings. The number of aromatic amines is 1. The van der Waals surface area contributed by atoms with Crippen LogP contribution in [0.5, 0.6) is 0 Å². The van der Waals surface area contributed by atoms with Crippen LogP contribution >= 0.6 is 11.8 Å². The van der Waals surface area contributed by atoms with Crippen molar-refractivity contribution < 1.29 is 9.26 Å². The Bertz CT molecular complexity index is 509. The lowest BCUT2D eigenvalue weighted by molar-refractivity contribution is 0.0677. The first-order valence-corrected chi connectivity index (χ1v) is 7.24. The van der Waals surface area contributed by atoms with Gasteiger partial charge < -0.3 is 20.0 Å². The lowest BCUT2D eigenvalue weighted by Gasteiger charge is -2.18. The zero-order valence-corrected chi connectivity index (χ0v) is 11.1. The number of aromatic nitrogens is 4. The van der Waals surface area contributed by atoms with Crippen LogP contribution in [0.3, 0.4) is 0 Å². The second-order valence-electron chi connectivity index (χ2n) is 4.31. The third-order valence-electron chi connectivity index (χ3n) is 2.87. The van der Waals surface area contributed by atoms with Gasteiger partial charge in [0.05, 0.1) is 19.0 Å². The molecule has 0 aliphatic carbocycles.